The van der Waals surface area contributed by atoms with Gasteiger partial charge in [0.2, 0.25) is 5.91 Å². The van der Waals surface area contributed by atoms with Gasteiger partial charge in [0.05, 0.1) is 22.8 Å². The average Bonchev–Trinajstić information content (AvgIpc) is 2.98. The van der Waals surface area contributed by atoms with Gasteiger partial charge in [0.1, 0.15) is 0 Å². The average molecular weight is 309 g/mol. The second-order valence-electron chi connectivity index (χ2n) is 4.97. The molecule has 20 heavy (non-hydrogen) atoms. The Bertz CT molecular complexity index is 579. The van der Waals surface area contributed by atoms with E-state index in [0.717, 1.165) is 21.9 Å². The number of amides is 1. The second-order valence-corrected chi connectivity index (χ2v) is 7.02. The molecule has 2 aliphatic heterocycles. The van der Waals surface area contributed by atoms with Crippen molar-refractivity contribution in [3.05, 3.63) is 33.7 Å². The first kappa shape index (κ1) is 13.9. The molecule has 1 aromatic rings. The largest absolute Gasteiger partial charge is 0.392 e. The fourth-order valence-electron chi connectivity index (χ4n) is 2.62. The van der Waals surface area contributed by atoms with Crippen LogP contribution >= 0.6 is 23.1 Å². The Hall–Kier alpha value is -1.11. The van der Waals surface area contributed by atoms with Gasteiger partial charge in [-0.05, 0) is 23.9 Å². The SMILES string of the molecule is CC1=C(CO)CSC2C(CC(=O)c3cccs3)C(=O)N12. The van der Waals surface area contributed by atoms with Crippen LogP contribution in [0.3, 0.4) is 0 Å². The first-order valence-corrected chi connectivity index (χ1v) is 8.37. The van der Waals surface area contributed by atoms with Crippen LogP contribution in [0.1, 0.15) is 23.0 Å². The topological polar surface area (TPSA) is 57.6 Å². The van der Waals surface area contributed by atoms with Crippen LogP contribution < -0.4 is 0 Å². The van der Waals surface area contributed by atoms with Crippen molar-refractivity contribution >= 4 is 34.8 Å². The predicted octanol–water partition coefficient (Wildman–Crippen LogP) is 2.12. The van der Waals surface area contributed by atoms with Crippen LogP contribution in [-0.4, -0.2) is 39.4 Å². The number of carbonyl (C=O) groups is 2. The summed E-state index contributed by atoms with van der Waals surface area (Å²) in [6.45, 7) is 1.86. The fourth-order valence-corrected chi connectivity index (χ4v) is 4.82. The van der Waals surface area contributed by atoms with Gasteiger partial charge < -0.3 is 10.0 Å². The van der Waals surface area contributed by atoms with Crippen LogP contribution in [0.2, 0.25) is 0 Å². The summed E-state index contributed by atoms with van der Waals surface area (Å²) in [5.74, 6) is 0.578. The van der Waals surface area contributed by atoms with Gasteiger partial charge in [-0.3, -0.25) is 9.59 Å². The van der Waals surface area contributed by atoms with Crippen LogP contribution in [0.15, 0.2) is 28.8 Å². The quantitative estimate of drug-likeness (QED) is 0.684. The number of aliphatic hydroxyl groups excluding tert-OH is 1. The lowest BCUT2D eigenvalue weighted by Gasteiger charge is -2.50. The third-order valence-electron chi connectivity index (χ3n) is 3.85. The molecule has 2 unspecified atom stereocenters. The van der Waals surface area contributed by atoms with E-state index in [1.165, 1.54) is 11.3 Å². The summed E-state index contributed by atoms with van der Waals surface area (Å²) in [5.41, 5.74) is 1.77. The smallest absolute Gasteiger partial charge is 0.234 e. The van der Waals surface area contributed by atoms with Crippen LogP contribution in [0.25, 0.3) is 0 Å². The molecule has 1 N–H and O–H groups in total. The van der Waals surface area contributed by atoms with Crippen LogP contribution in [-0.2, 0) is 4.79 Å². The molecule has 6 heteroatoms. The number of ketones is 1. The van der Waals surface area contributed by atoms with Gasteiger partial charge in [0, 0.05) is 17.9 Å². The normalized spacial score (nSPS) is 25.5. The van der Waals surface area contributed by atoms with Crippen molar-refractivity contribution in [3.8, 4) is 0 Å². The monoisotopic (exact) mass is 309 g/mol. The second kappa shape index (κ2) is 5.35. The van der Waals surface area contributed by atoms with E-state index < -0.39 is 0 Å². The number of thiophene rings is 1. The van der Waals surface area contributed by atoms with Crippen molar-refractivity contribution in [1.82, 2.24) is 4.90 Å². The fraction of sp³-hybridized carbons (Fsp3) is 0.429. The van der Waals surface area contributed by atoms with Crippen molar-refractivity contribution in [2.24, 2.45) is 5.92 Å². The molecular formula is C14H15NO3S2. The Morgan fingerprint density at radius 3 is 3.00 bits per heavy atom. The summed E-state index contributed by atoms with van der Waals surface area (Å²) in [6, 6.07) is 3.65. The summed E-state index contributed by atoms with van der Waals surface area (Å²) >= 11 is 3.06. The molecule has 3 rings (SSSR count). The lowest BCUT2D eigenvalue weighted by molar-refractivity contribution is -0.146. The minimum Gasteiger partial charge on any atom is -0.392 e. The van der Waals surface area contributed by atoms with Crippen molar-refractivity contribution in [2.75, 3.05) is 12.4 Å². The van der Waals surface area contributed by atoms with E-state index in [0.29, 0.717) is 0 Å². The Labute approximate surface area is 125 Å². The van der Waals surface area contributed by atoms with Gasteiger partial charge >= 0.3 is 0 Å². The summed E-state index contributed by atoms with van der Waals surface area (Å²) in [6.07, 6.45) is 0.287. The number of carbonyl (C=O) groups excluding carboxylic acids is 2. The van der Waals surface area contributed by atoms with Gasteiger partial charge in [0.25, 0.3) is 0 Å². The Morgan fingerprint density at radius 1 is 1.55 bits per heavy atom. The van der Waals surface area contributed by atoms with E-state index in [-0.39, 0.29) is 36.0 Å². The molecule has 0 bridgehead atoms. The number of β-lactam (4-membered cyclic amide) rings is 1. The number of aliphatic hydroxyl groups is 1. The first-order valence-electron chi connectivity index (χ1n) is 6.44. The van der Waals surface area contributed by atoms with Crippen molar-refractivity contribution in [3.63, 3.8) is 0 Å². The third kappa shape index (κ3) is 2.12. The molecule has 1 fully saturated rings. The molecule has 0 spiro atoms. The molecule has 2 atom stereocenters. The molecule has 0 radical (unpaired) electrons. The van der Waals surface area contributed by atoms with E-state index in [2.05, 4.69) is 0 Å². The van der Waals surface area contributed by atoms with Crippen LogP contribution in [0.5, 0.6) is 0 Å². The molecule has 1 saturated heterocycles. The molecule has 1 amide bonds. The molecule has 106 valence electrons. The van der Waals surface area contributed by atoms with Crippen molar-refractivity contribution in [2.45, 2.75) is 18.7 Å². The van der Waals surface area contributed by atoms with Gasteiger partial charge in [-0.1, -0.05) is 6.07 Å². The van der Waals surface area contributed by atoms with Gasteiger partial charge in [-0.25, -0.2) is 0 Å². The molecule has 3 heterocycles. The Balaban J connectivity index is 1.72. The number of rotatable bonds is 4. The number of Topliss-reactive ketones (excluding diaryl/α,β-unsaturated/α-hetero) is 1. The minimum absolute atomic E-state index is 0.00583. The standard InChI is InChI=1S/C14H15NO3S2/c1-8-9(6-16)7-20-14-10(13(18)15(8)14)5-11(17)12-3-2-4-19-12/h2-4,10,14,16H,5-7H2,1H3. The van der Waals surface area contributed by atoms with Crippen molar-refractivity contribution < 1.29 is 14.7 Å². The third-order valence-corrected chi connectivity index (χ3v) is 6.15. The highest BCUT2D eigenvalue weighted by molar-refractivity contribution is 8.00. The van der Waals surface area contributed by atoms with Crippen molar-refractivity contribution in [1.29, 1.82) is 0 Å². The van der Waals surface area contributed by atoms with Gasteiger partial charge in [-0.2, -0.15) is 0 Å². The Kier molecular flexibility index (Phi) is 3.70. The van der Waals surface area contributed by atoms with E-state index in [9.17, 15) is 14.7 Å². The minimum atomic E-state index is -0.218. The maximum Gasteiger partial charge on any atom is 0.234 e. The summed E-state index contributed by atoms with van der Waals surface area (Å²) in [4.78, 5) is 26.8. The highest BCUT2D eigenvalue weighted by Crippen LogP contribution is 2.45. The maximum absolute atomic E-state index is 12.2. The molecule has 2 aliphatic rings. The first-order chi connectivity index (χ1) is 9.63. The maximum atomic E-state index is 12.2. The zero-order chi connectivity index (χ0) is 14.3. The molecule has 0 saturated carbocycles. The molecule has 0 aromatic carbocycles. The lowest BCUT2D eigenvalue weighted by Crippen LogP contribution is -2.60. The number of hydrogen-bond donors (Lipinski definition) is 1. The predicted molar refractivity (Wildman–Crippen MR) is 79.6 cm³/mol. The number of thioether (sulfide) groups is 1. The van der Waals surface area contributed by atoms with Crippen LogP contribution in [0, 0.1) is 5.92 Å². The van der Waals surface area contributed by atoms with Gasteiger partial charge in [0.15, 0.2) is 5.78 Å². The van der Waals surface area contributed by atoms with Gasteiger partial charge in [-0.15, -0.1) is 23.1 Å². The number of allylic oxidation sites excluding steroid dienone is 1. The zero-order valence-corrected chi connectivity index (χ0v) is 12.7. The molecule has 1 aromatic heterocycles. The summed E-state index contributed by atoms with van der Waals surface area (Å²) in [5, 5.41) is 11.2. The summed E-state index contributed by atoms with van der Waals surface area (Å²) < 4.78 is 0. The highest BCUT2D eigenvalue weighted by Gasteiger charge is 2.51. The van der Waals surface area contributed by atoms with E-state index in [4.69, 9.17) is 0 Å². The van der Waals surface area contributed by atoms with E-state index >= 15 is 0 Å². The number of hydrogen-bond acceptors (Lipinski definition) is 5. The van der Waals surface area contributed by atoms with E-state index in [1.807, 2.05) is 18.4 Å². The highest BCUT2D eigenvalue weighted by atomic mass is 32.2. The lowest BCUT2D eigenvalue weighted by atomic mass is 9.90. The zero-order valence-electron chi connectivity index (χ0n) is 11.0. The molecule has 4 nitrogen and oxygen atoms in total. The number of fused-ring (bicyclic) bond motifs is 1. The van der Waals surface area contributed by atoms with Crippen LogP contribution in [0.4, 0.5) is 0 Å². The Morgan fingerprint density at radius 2 is 2.35 bits per heavy atom. The molecule has 0 aliphatic carbocycles. The number of nitrogens with zero attached hydrogens (tertiary/aromatic N) is 1. The van der Waals surface area contributed by atoms with E-state index in [1.54, 1.807) is 22.7 Å². The summed E-state index contributed by atoms with van der Waals surface area (Å²) in [7, 11) is 0. The molecular weight excluding hydrogens is 294 g/mol.